The molecule has 0 aliphatic carbocycles. The third kappa shape index (κ3) is 3.47. The molecule has 1 unspecified atom stereocenters. The minimum Gasteiger partial charge on any atom is -0.463 e. The molecule has 0 amide bonds. The van der Waals surface area contributed by atoms with Crippen LogP contribution in [0.25, 0.3) is 5.76 Å². The molecule has 1 atom stereocenters. The number of fused-ring (bicyclic) bond motifs is 3. The molecule has 0 saturated carbocycles. The van der Waals surface area contributed by atoms with Gasteiger partial charge in [0.15, 0.2) is 0 Å². The van der Waals surface area contributed by atoms with Crippen molar-refractivity contribution in [3.63, 3.8) is 0 Å². The van der Waals surface area contributed by atoms with Gasteiger partial charge in [-0.3, -0.25) is 0 Å². The number of allylic oxidation sites excluding steroid dienone is 1. The second-order valence-corrected chi connectivity index (χ2v) is 7.32. The first-order valence-electron chi connectivity index (χ1n) is 8.93. The molecule has 0 fully saturated rings. The maximum atomic E-state index is 12.8. The zero-order valence-corrected chi connectivity index (χ0v) is 16.7. The third-order valence-corrected chi connectivity index (χ3v) is 5.10. The van der Waals surface area contributed by atoms with E-state index in [1.165, 1.54) is 6.08 Å². The van der Waals surface area contributed by atoms with Gasteiger partial charge in [0.2, 0.25) is 0 Å². The Bertz CT molecular complexity index is 1010. The fourth-order valence-electron chi connectivity index (χ4n) is 3.44. The summed E-state index contributed by atoms with van der Waals surface area (Å²) < 4.78 is 17.5. The Morgan fingerprint density at radius 1 is 1.21 bits per heavy atom. The van der Waals surface area contributed by atoms with Crippen molar-refractivity contribution in [1.29, 1.82) is 0 Å². The van der Waals surface area contributed by atoms with Crippen LogP contribution in [-0.2, 0) is 19.1 Å². The molecule has 2 aliphatic rings. The van der Waals surface area contributed by atoms with Crippen molar-refractivity contribution in [2.45, 2.75) is 19.3 Å². The van der Waals surface area contributed by atoms with E-state index in [1.54, 1.807) is 13.0 Å². The van der Waals surface area contributed by atoms with Crippen molar-refractivity contribution in [3.05, 3.63) is 81.5 Å². The van der Waals surface area contributed by atoms with Crippen LogP contribution in [0.4, 0.5) is 0 Å². The van der Waals surface area contributed by atoms with Crippen LogP contribution < -0.4 is 4.74 Å². The van der Waals surface area contributed by atoms with Crippen LogP contribution in [0.15, 0.2) is 70.4 Å². The summed E-state index contributed by atoms with van der Waals surface area (Å²) >= 11 is 3.48. The molecule has 2 aliphatic heterocycles. The molecule has 28 heavy (non-hydrogen) atoms. The number of carbonyl (C=O) groups is 2. The SMILES string of the molecule is CCOC(=O)/C=C1\CC2C(=C(c3ccccc3)O1)C(=O)Oc1ccc(Br)cc12. The Labute approximate surface area is 170 Å². The molecule has 6 heteroatoms. The molecule has 2 aromatic carbocycles. The zero-order chi connectivity index (χ0) is 19.7. The molecular weight excluding hydrogens is 424 g/mol. The third-order valence-electron chi connectivity index (χ3n) is 4.60. The van der Waals surface area contributed by atoms with E-state index in [0.717, 1.165) is 15.6 Å². The van der Waals surface area contributed by atoms with E-state index in [0.29, 0.717) is 29.3 Å². The summed E-state index contributed by atoms with van der Waals surface area (Å²) in [5.41, 5.74) is 2.07. The molecule has 4 rings (SSSR count). The van der Waals surface area contributed by atoms with Gasteiger partial charge >= 0.3 is 11.9 Å². The highest BCUT2D eigenvalue weighted by Gasteiger charge is 2.40. The second-order valence-electron chi connectivity index (χ2n) is 6.40. The number of esters is 2. The standard InChI is InChI=1S/C22H17BrO5/c1-2-26-19(24)12-15-11-17-16-10-14(23)8-9-18(16)28-22(25)20(17)21(27-15)13-6-4-3-5-7-13/h3-10,12,17H,2,11H2,1H3/b15-12+. The van der Waals surface area contributed by atoms with Crippen LogP contribution in [0.1, 0.15) is 30.4 Å². The van der Waals surface area contributed by atoms with E-state index in [2.05, 4.69) is 15.9 Å². The lowest BCUT2D eigenvalue weighted by Gasteiger charge is -2.33. The van der Waals surface area contributed by atoms with Crippen molar-refractivity contribution >= 4 is 33.6 Å². The number of rotatable bonds is 3. The van der Waals surface area contributed by atoms with Crippen LogP contribution in [0.3, 0.4) is 0 Å². The van der Waals surface area contributed by atoms with Gasteiger partial charge in [-0.2, -0.15) is 0 Å². The molecule has 142 valence electrons. The van der Waals surface area contributed by atoms with Crippen molar-refractivity contribution in [2.24, 2.45) is 0 Å². The van der Waals surface area contributed by atoms with Crippen molar-refractivity contribution in [2.75, 3.05) is 6.61 Å². The van der Waals surface area contributed by atoms with Crippen LogP contribution in [0.5, 0.6) is 5.75 Å². The van der Waals surface area contributed by atoms with E-state index in [4.69, 9.17) is 14.2 Å². The summed E-state index contributed by atoms with van der Waals surface area (Å²) in [6.07, 6.45) is 1.71. The van der Waals surface area contributed by atoms with Gasteiger partial charge < -0.3 is 14.2 Å². The number of halogens is 1. The predicted molar refractivity (Wildman–Crippen MR) is 106 cm³/mol. The molecule has 0 spiro atoms. The van der Waals surface area contributed by atoms with Gasteiger partial charge in [0.05, 0.1) is 18.3 Å². The van der Waals surface area contributed by atoms with Crippen molar-refractivity contribution < 1.29 is 23.8 Å². The van der Waals surface area contributed by atoms with Gasteiger partial charge in [0.1, 0.15) is 17.3 Å². The fourth-order valence-corrected chi connectivity index (χ4v) is 3.82. The van der Waals surface area contributed by atoms with Gasteiger partial charge in [-0.25, -0.2) is 9.59 Å². The first-order valence-corrected chi connectivity index (χ1v) is 9.72. The summed E-state index contributed by atoms with van der Waals surface area (Å²) in [6.45, 7) is 2.03. The second kappa shape index (κ2) is 7.64. The van der Waals surface area contributed by atoms with Crippen LogP contribution in [0, 0.1) is 0 Å². The van der Waals surface area contributed by atoms with Crippen LogP contribution in [0.2, 0.25) is 0 Å². The number of carbonyl (C=O) groups excluding carboxylic acids is 2. The van der Waals surface area contributed by atoms with Crippen molar-refractivity contribution in [1.82, 2.24) is 0 Å². The Hall–Kier alpha value is -2.86. The van der Waals surface area contributed by atoms with Gasteiger partial charge in [-0.1, -0.05) is 46.3 Å². The summed E-state index contributed by atoms with van der Waals surface area (Å²) in [4.78, 5) is 24.8. The van der Waals surface area contributed by atoms with Crippen LogP contribution in [-0.4, -0.2) is 18.5 Å². The first kappa shape index (κ1) is 18.5. The Morgan fingerprint density at radius 2 is 2.00 bits per heavy atom. The van der Waals surface area contributed by atoms with Gasteiger partial charge in [0.25, 0.3) is 0 Å². The fraction of sp³-hybridized carbons (Fsp3) is 0.182. The van der Waals surface area contributed by atoms with Crippen LogP contribution >= 0.6 is 15.9 Å². The average Bonchev–Trinajstić information content (AvgIpc) is 2.69. The lowest BCUT2D eigenvalue weighted by molar-refractivity contribution is -0.137. The molecule has 0 aromatic heterocycles. The first-order chi connectivity index (χ1) is 13.6. The van der Waals surface area contributed by atoms with Gasteiger partial charge in [0, 0.05) is 27.9 Å². The van der Waals surface area contributed by atoms with Gasteiger partial charge in [-0.05, 0) is 25.1 Å². The van der Waals surface area contributed by atoms with E-state index < -0.39 is 11.9 Å². The largest absolute Gasteiger partial charge is 0.463 e. The summed E-state index contributed by atoms with van der Waals surface area (Å²) in [5.74, 6) is 0.190. The van der Waals surface area contributed by atoms with Crippen molar-refractivity contribution in [3.8, 4) is 5.75 Å². The Kier molecular flexibility index (Phi) is 5.05. The highest BCUT2D eigenvalue weighted by molar-refractivity contribution is 9.10. The van der Waals surface area contributed by atoms with E-state index in [9.17, 15) is 9.59 Å². The molecule has 2 aromatic rings. The molecule has 2 heterocycles. The lowest BCUT2D eigenvalue weighted by Crippen LogP contribution is -2.28. The number of benzene rings is 2. The summed E-state index contributed by atoms with van der Waals surface area (Å²) in [6, 6.07) is 14.9. The monoisotopic (exact) mass is 440 g/mol. The highest BCUT2D eigenvalue weighted by atomic mass is 79.9. The summed E-state index contributed by atoms with van der Waals surface area (Å²) in [7, 11) is 0. The maximum absolute atomic E-state index is 12.8. The lowest BCUT2D eigenvalue weighted by atomic mass is 9.82. The number of hydrogen-bond donors (Lipinski definition) is 0. The Balaban J connectivity index is 1.88. The maximum Gasteiger partial charge on any atom is 0.343 e. The minimum absolute atomic E-state index is 0.279. The minimum atomic E-state index is -0.471. The molecule has 0 saturated heterocycles. The topological polar surface area (TPSA) is 61.8 Å². The van der Waals surface area contributed by atoms with E-state index >= 15 is 0 Å². The highest BCUT2D eigenvalue weighted by Crippen LogP contribution is 2.48. The number of hydrogen-bond acceptors (Lipinski definition) is 5. The Morgan fingerprint density at radius 3 is 2.75 bits per heavy atom. The molecule has 0 radical (unpaired) electrons. The normalized spacial score (nSPS) is 19.4. The van der Waals surface area contributed by atoms with Gasteiger partial charge in [-0.15, -0.1) is 0 Å². The van der Waals surface area contributed by atoms with E-state index in [1.807, 2.05) is 42.5 Å². The molecule has 5 nitrogen and oxygen atoms in total. The average molecular weight is 441 g/mol. The summed E-state index contributed by atoms with van der Waals surface area (Å²) in [5, 5.41) is 0. The zero-order valence-electron chi connectivity index (χ0n) is 15.1. The quantitative estimate of drug-likeness (QED) is 0.392. The molecule has 0 N–H and O–H groups in total. The molecule has 0 bridgehead atoms. The molecular formula is C22H17BrO5. The predicted octanol–water partition coefficient (Wildman–Crippen LogP) is 4.73. The smallest absolute Gasteiger partial charge is 0.343 e. The van der Waals surface area contributed by atoms with E-state index in [-0.39, 0.29) is 12.5 Å². The number of ether oxygens (including phenoxy) is 3.